The van der Waals surface area contributed by atoms with Crippen molar-refractivity contribution >= 4 is 77.1 Å². The molecule has 3 fully saturated rings. The Balaban J connectivity index is 0.00000231. The molecule has 0 aromatic heterocycles. The van der Waals surface area contributed by atoms with E-state index in [4.69, 9.17) is 51.1 Å². The lowest BCUT2D eigenvalue weighted by atomic mass is 9.87. The van der Waals surface area contributed by atoms with Crippen molar-refractivity contribution in [3.8, 4) is 0 Å². The molecule has 2 aromatic rings. The lowest BCUT2D eigenvalue weighted by molar-refractivity contribution is -0.154. The number of piperazine rings is 1. The number of morpholine rings is 1. The van der Waals surface area contributed by atoms with Gasteiger partial charge in [0.15, 0.2) is 0 Å². The predicted octanol–water partition coefficient (Wildman–Crippen LogP) is 7.78. The van der Waals surface area contributed by atoms with E-state index in [1.807, 2.05) is 23.1 Å². The van der Waals surface area contributed by atoms with Crippen molar-refractivity contribution in [3.05, 3.63) is 67.6 Å². The fraction of sp³-hybridized carbons (Fsp3) is 0.567. The average Bonchev–Trinajstić information content (AvgIpc) is 2.94. The summed E-state index contributed by atoms with van der Waals surface area (Å²) in [5, 5.41) is 2.06. The molecule has 11 heteroatoms. The Labute approximate surface area is 276 Å². The third-order valence-electron chi connectivity index (χ3n) is 8.59. The lowest BCUT2D eigenvalue weighted by Crippen LogP contribution is -2.55. The van der Waals surface area contributed by atoms with Gasteiger partial charge >= 0.3 is 0 Å². The molecule has 2 heterocycles. The number of carbonyl (C=O) groups excluding carboxylic acids is 1. The molecule has 3 aliphatic rings. The molecular formula is C30H39Cl6N3O2. The number of carbonyl (C=O) groups is 1. The maximum atomic E-state index is 13.4. The van der Waals surface area contributed by atoms with Crippen molar-refractivity contribution in [1.82, 2.24) is 14.7 Å². The highest BCUT2D eigenvalue weighted by molar-refractivity contribution is 6.42. The molecule has 1 aliphatic carbocycles. The second kappa shape index (κ2) is 16.0. The van der Waals surface area contributed by atoms with Gasteiger partial charge in [-0.1, -0.05) is 71.7 Å². The van der Waals surface area contributed by atoms with E-state index in [0.717, 1.165) is 56.3 Å². The lowest BCUT2D eigenvalue weighted by Gasteiger charge is -2.45. The number of benzene rings is 2. The van der Waals surface area contributed by atoms with Gasteiger partial charge in [-0.2, -0.15) is 0 Å². The van der Waals surface area contributed by atoms with E-state index in [2.05, 4.69) is 9.80 Å². The monoisotopic (exact) mass is 683 g/mol. The molecule has 41 heavy (non-hydrogen) atoms. The maximum absolute atomic E-state index is 13.4. The topological polar surface area (TPSA) is 36.0 Å². The van der Waals surface area contributed by atoms with Crippen LogP contribution in [-0.2, 0) is 21.6 Å². The number of rotatable bonds is 7. The molecule has 2 aliphatic heterocycles. The SMILES string of the molecule is Cl.Cl.O=C(Cc1cc(Cl)cc(Cl)c1)N1CCOC(CCN2CCN(C3CCCCC3)CC2)(c2ccc(Cl)c(Cl)c2)C1. The number of amides is 1. The first-order valence-corrected chi connectivity index (χ1v) is 15.6. The fourth-order valence-corrected chi connectivity index (χ4v) is 7.25. The third-order valence-corrected chi connectivity index (χ3v) is 9.77. The maximum Gasteiger partial charge on any atom is 0.227 e. The third kappa shape index (κ3) is 9.03. The largest absolute Gasteiger partial charge is 0.367 e. The van der Waals surface area contributed by atoms with Crippen LogP contribution in [0, 0.1) is 0 Å². The number of hydrogen-bond donors (Lipinski definition) is 0. The molecule has 0 bridgehead atoms. The Morgan fingerprint density at radius 3 is 2.20 bits per heavy atom. The van der Waals surface area contributed by atoms with E-state index < -0.39 is 5.60 Å². The van der Waals surface area contributed by atoms with Crippen LogP contribution in [0.4, 0.5) is 0 Å². The summed E-state index contributed by atoms with van der Waals surface area (Å²) in [6, 6.07) is 11.7. The van der Waals surface area contributed by atoms with Crippen LogP contribution in [-0.4, -0.2) is 79.1 Å². The second-order valence-corrected chi connectivity index (χ2v) is 12.8. The van der Waals surface area contributed by atoms with E-state index in [1.54, 1.807) is 18.2 Å². The van der Waals surface area contributed by atoms with Gasteiger partial charge in [0.2, 0.25) is 5.91 Å². The summed E-state index contributed by atoms with van der Waals surface area (Å²) in [5.41, 5.74) is 1.11. The molecule has 0 spiro atoms. The van der Waals surface area contributed by atoms with Gasteiger partial charge in [0.25, 0.3) is 0 Å². The molecule has 0 N–H and O–H groups in total. The van der Waals surface area contributed by atoms with Crippen molar-refractivity contribution in [1.29, 1.82) is 0 Å². The summed E-state index contributed by atoms with van der Waals surface area (Å²) in [7, 11) is 0. The summed E-state index contributed by atoms with van der Waals surface area (Å²) < 4.78 is 6.55. The zero-order chi connectivity index (χ0) is 27.4. The summed E-state index contributed by atoms with van der Waals surface area (Å²) >= 11 is 25.1. The van der Waals surface area contributed by atoms with Crippen LogP contribution in [0.5, 0.6) is 0 Å². The molecule has 2 saturated heterocycles. The van der Waals surface area contributed by atoms with Crippen LogP contribution in [0.15, 0.2) is 36.4 Å². The highest BCUT2D eigenvalue weighted by atomic mass is 35.5. The van der Waals surface area contributed by atoms with Crippen molar-refractivity contribution in [2.75, 3.05) is 52.4 Å². The zero-order valence-electron chi connectivity index (χ0n) is 23.1. The van der Waals surface area contributed by atoms with Gasteiger partial charge < -0.3 is 14.5 Å². The number of ether oxygens (including phenoxy) is 1. The van der Waals surface area contributed by atoms with Gasteiger partial charge in [0.05, 0.1) is 29.6 Å². The first-order valence-electron chi connectivity index (χ1n) is 14.1. The molecule has 1 atom stereocenters. The number of halogens is 6. The average molecular weight is 686 g/mol. The second-order valence-electron chi connectivity index (χ2n) is 11.2. The van der Waals surface area contributed by atoms with Crippen LogP contribution >= 0.6 is 71.2 Å². The van der Waals surface area contributed by atoms with Crippen molar-refractivity contribution in [3.63, 3.8) is 0 Å². The minimum atomic E-state index is -0.658. The van der Waals surface area contributed by atoms with Crippen molar-refractivity contribution < 1.29 is 9.53 Å². The normalized spacial score (nSPS) is 22.6. The predicted molar refractivity (Wildman–Crippen MR) is 175 cm³/mol. The van der Waals surface area contributed by atoms with Gasteiger partial charge in [-0.15, -0.1) is 24.8 Å². The van der Waals surface area contributed by atoms with Crippen LogP contribution in [0.1, 0.15) is 49.7 Å². The summed E-state index contributed by atoms with van der Waals surface area (Å²) in [6.45, 7) is 6.72. The Kier molecular flexibility index (Phi) is 13.7. The Bertz CT molecular complexity index is 1140. The summed E-state index contributed by atoms with van der Waals surface area (Å²) in [5.74, 6) is 0.0298. The smallest absolute Gasteiger partial charge is 0.227 e. The highest BCUT2D eigenvalue weighted by Crippen LogP contribution is 2.37. The quantitative estimate of drug-likeness (QED) is 0.298. The molecule has 1 amide bonds. The summed E-state index contributed by atoms with van der Waals surface area (Å²) in [6.07, 6.45) is 7.82. The molecule has 228 valence electrons. The van der Waals surface area contributed by atoms with E-state index in [-0.39, 0.29) is 37.1 Å². The molecule has 1 unspecified atom stereocenters. The first kappa shape index (κ1) is 35.0. The minimum absolute atomic E-state index is 0. The van der Waals surface area contributed by atoms with E-state index in [9.17, 15) is 4.79 Å². The van der Waals surface area contributed by atoms with Crippen LogP contribution in [0.2, 0.25) is 20.1 Å². The van der Waals surface area contributed by atoms with Gasteiger partial charge in [-0.3, -0.25) is 9.69 Å². The fourth-order valence-electron chi connectivity index (χ4n) is 6.38. The standard InChI is InChI=1S/C30H37Cl4N3O2.2ClH/c31-24-16-22(17-25(32)20-24)18-29(38)37-14-15-39-30(21-37,23-6-7-27(33)28(34)19-23)8-9-35-10-12-36(13-11-35)26-4-2-1-3-5-26;;/h6-7,16-17,19-20,26H,1-5,8-15,18,21H2;2*1H. The molecule has 2 aromatic carbocycles. The van der Waals surface area contributed by atoms with Gasteiger partial charge in [-0.25, -0.2) is 0 Å². The van der Waals surface area contributed by atoms with E-state index in [0.29, 0.717) is 39.8 Å². The van der Waals surface area contributed by atoms with Crippen LogP contribution in [0.3, 0.4) is 0 Å². The van der Waals surface area contributed by atoms with Crippen molar-refractivity contribution in [2.45, 2.75) is 56.6 Å². The first-order chi connectivity index (χ1) is 18.8. The number of nitrogens with zero attached hydrogens (tertiary/aromatic N) is 3. The van der Waals surface area contributed by atoms with Crippen LogP contribution < -0.4 is 0 Å². The minimum Gasteiger partial charge on any atom is -0.367 e. The Morgan fingerprint density at radius 2 is 1.54 bits per heavy atom. The number of hydrogen-bond acceptors (Lipinski definition) is 4. The van der Waals surface area contributed by atoms with E-state index in [1.165, 1.54) is 32.1 Å². The summed E-state index contributed by atoms with van der Waals surface area (Å²) in [4.78, 5) is 20.6. The molecule has 1 saturated carbocycles. The molecule has 5 rings (SSSR count). The van der Waals surface area contributed by atoms with Gasteiger partial charge in [0.1, 0.15) is 5.60 Å². The molecule has 5 nitrogen and oxygen atoms in total. The van der Waals surface area contributed by atoms with Gasteiger partial charge in [0, 0.05) is 55.4 Å². The van der Waals surface area contributed by atoms with E-state index >= 15 is 0 Å². The van der Waals surface area contributed by atoms with Crippen LogP contribution in [0.25, 0.3) is 0 Å². The Morgan fingerprint density at radius 1 is 0.854 bits per heavy atom. The zero-order valence-corrected chi connectivity index (χ0v) is 27.8. The van der Waals surface area contributed by atoms with Crippen molar-refractivity contribution in [2.24, 2.45) is 0 Å². The van der Waals surface area contributed by atoms with Gasteiger partial charge in [-0.05, 0) is 60.7 Å². The molecular weight excluding hydrogens is 647 g/mol. The highest BCUT2D eigenvalue weighted by Gasteiger charge is 2.41. The molecule has 0 radical (unpaired) electrons. The Hall–Kier alpha value is -0.470.